The molecule has 1 heterocycles. The Kier molecular flexibility index (Phi) is 4.01. The summed E-state index contributed by atoms with van der Waals surface area (Å²) in [5, 5.41) is 0. The Labute approximate surface area is 136 Å². The number of pyridine rings is 1. The fourth-order valence-corrected chi connectivity index (χ4v) is 2.65. The van der Waals surface area contributed by atoms with E-state index in [-0.39, 0.29) is 16.6 Å². The molecule has 0 saturated carbocycles. The summed E-state index contributed by atoms with van der Waals surface area (Å²) >= 11 is 0. The minimum Gasteiger partial charge on any atom is -0.364 e. The van der Waals surface area contributed by atoms with Gasteiger partial charge < -0.3 is 4.98 Å². The molecule has 24 heavy (non-hydrogen) atoms. The number of halogens is 3. The Morgan fingerprint density at radius 3 is 2.25 bits per heavy atom. The van der Waals surface area contributed by atoms with Gasteiger partial charge in [-0.2, -0.15) is 13.2 Å². The molecule has 0 amide bonds. The summed E-state index contributed by atoms with van der Waals surface area (Å²) in [4.78, 5) is 15.8. The van der Waals surface area contributed by atoms with Gasteiger partial charge in [0.05, 0.1) is 5.56 Å². The van der Waals surface area contributed by atoms with E-state index >= 15 is 0 Å². The molecule has 5 heteroatoms. The lowest BCUT2D eigenvalue weighted by molar-refractivity contribution is -0.137. The van der Waals surface area contributed by atoms with E-state index in [2.05, 4.69) is 4.98 Å². The molecule has 0 aliphatic carbocycles. The van der Waals surface area contributed by atoms with E-state index in [1.54, 1.807) is 19.1 Å². The van der Waals surface area contributed by atoms with Crippen LogP contribution < -0.4 is 5.43 Å². The van der Waals surface area contributed by atoms with Crippen molar-refractivity contribution in [1.29, 1.82) is 0 Å². The molecular weight excluding hydrogens is 315 g/mol. The monoisotopic (exact) mass is 329 g/mol. The highest BCUT2D eigenvalue weighted by Gasteiger charge is 2.30. The largest absolute Gasteiger partial charge is 0.416 e. The van der Waals surface area contributed by atoms with Crippen molar-refractivity contribution in [3.05, 3.63) is 82.3 Å². The first-order valence-electron chi connectivity index (χ1n) is 7.33. The van der Waals surface area contributed by atoms with Crippen molar-refractivity contribution in [2.45, 2.75) is 13.1 Å². The van der Waals surface area contributed by atoms with Crippen LogP contribution in [0.3, 0.4) is 0 Å². The average Bonchev–Trinajstić information content (AvgIpc) is 2.55. The van der Waals surface area contributed by atoms with Gasteiger partial charge in [-0.15, -0.1) is 0 Å². The van der Waals surface area contributed by atoms with Gasteiger partial charge in [0.15, 0.2) is 5.43 Å². The third kappa shape index (κ3) is 2.97. The van der Waals surface area contributed by atoms with E-state index in [9.17, 15) is 18.0 Å². The first-order chi connectivity index (χ1) is 11.4. The molecule has 1 aromatic heterocycles. The van der Waals surface area contributed by atoms with Gasteiger partial charge in [0, 0.05) is 23.0 Å². The number of hydrogen-bond acceptors (Lipinski definition) is 1. The summed E-state index contributed by atoms with van der Waals surface area (Å²) in [7, 11) is 0. The van der Waals surface area contributed by atoms with Gasteiger partial charge in [-0.1, -0.05) is 42.5 Å². The second-order valence-corrected chi connectivity index (χ2v) is 5.48. The number of H-pyrrole nitrogens is 1. The van der Waals surface area contributed by atoms with Gasteiger partial charge in [0.2, 0.25) is 0 Å². The van der Waals surface area contributed by atoms with E-state index in [1.807, 2.05) is 18.2 Å². The minimum atomic E-state index is -4.45. The maximum Gasteiger partial charge on any atom is 0.416 e. The van der Waals surface area contributed by atoms with Crippen molar-refractivity contribution in [3.63, 3.8) is 0 Å². The van der Waals surface area contributed by atoms with Crippen molar-refractivity contribution < 1.29 is 13.2 Å². The molecule has 0 unspecified atom stereocenters. The van der Waals surface area contributed by atoms with Crippen molar-refractivity contribution >= 4 is 0 Å². The topological polar surface area (TPSA) is 32.9 Å². The normalized spacial score (nSPS) is 11.5. The third-order valence-corrected chi connectivity index (χ3v) is 3.84. The lowest BCUT2D eigenvalue weighted by Crippen LogP contribution is -2.12. The Bertz CT molecular complexity index is 927. The van der Waals surface area contributed by atoms with Crippen molar-refractivity contribution in [3.8, 4) is 22.3 Å². The lowest BCUT2D eigenvalue weighted by atomic mass is 9.97. The first-order valence-corrected chi connectivity index (χ1v) is 7.33. The third-order valence-electron chi connectivity index (χ3n) is 3.84. The molecule has 0 aliphatic heterocycles. The van der Waals surface area contributed by atoms with Gasteiger partial charge in [-0.05, 0) is 30.2 Å². The van der Waals surface area contributed by atoms with E-state index in [0.29, 0.717) is 11.3 Å². The molecule has 0 aliphatic rings. The van der Waals surface area contributed by atoms with E-state index in [4.69, 9.17) is 0 Å². The summed E-state index contributed by atoms with van der Waals surface area (Å²) < 4.78 is 38.7. The predicted molar refractivity (Wildman–Crippen MR) is 87.7 cm³/mol. The Morgan fingerprint density at radius 1 is 0.917 bits per heavy atom. The number of nitrogens with one attached hydrogen (secondary N) is 1. The zero-order chi connectivity index (χ0) is 17.3. The molecule has 122 valence electrons. The maximum absolute atomic E-state index is 12.9. The van der Waals surface area contributed by atoms with Crippen LogP contribution in [0.5, 0.6) is 0 Å². The van der Waals surface area contributed by atoms with Crippen molar-refractivity contribution in [2.24, 2.45) is 0 Å². The van der Waals surface area contributed by atoms with Crippen LogP contribution in [0.2, 0.25) is 0 Å². The van der Waals surface area contributed by atoms with E-state index in [1.165, 1.54) is 18.3 Å². The van der Waals surface area contributed by atoms with Crippen LogP contribution in [0.25, 0.3) is 22.3 Å². The minimum absolute atomic E-state index is 0.213. The first kappa shape index (κ1) is 16.1. The van der Waals surface area contributed by atoms with Crippen LogP contribution in [0.1, 0.15) is 11.3 Å². The number of alkyl halides is 3. The zero-order valence-electron chi connectivity index (χ0n) is 12.8. The van der Waals surface area contributed by atoms with Gasteiger partial charge in [-0.3, -0.25) is 4.79 Å². The summed E-state index contributed by atoms with van der Waals surface area (Å²) in [6.07, 6.45) is -2.99. The molecule has 2 aromatic carbocycles. The fraction of sp³-hybridized carbons (Fsp3) is 0.105. The molecule has 0 bridgehead atoms. The Morgan fingerprint density at radius 2 is 1.58 bits per heavy atom. The predicted octanol–water partition coefficient (Wildman–Crippen LogP) is 5.04. The second-order valence-electron chi connectivity index (χ2n) is 5.48. The number of aryl methyl sites for hydroxylation is 1. The standard InChI is InChI=1S/C19H14F3NO/c1-12-17(13-6-3-2-4-7-13)18(24)16(11-23-12)14-8-5-9-15(10-14)19(20,21)22/h2-11H,1H3,(H,23,24). The van der Waals surface area contributed by atoms with Crippen LogP contribution in [0, 0.1) is 6.92 Å². The van der Waals surface area contributed by atoms with E-state index in [0.717, 1.165) is 17.7 Å². The molecule has 0 fully saturated rings. The van der Waals surface area contributed by atoms with Crippen molar-refractivity contribution in [1.82, 2.24) is 4.98 Å². The summed E-state index contributed by atoms with van der Waals surface area (Å²) in [6, 6.07) is 13.9. The van der Waals surface area contributed by atoms with Gasteiger partial charge in [-0.25, -0.2) is 0 Å². The number of aromatic amines is 1. The SMILES string of the molecule is Cc1[nH]cc(-c2cccc(C(F)(F)F)c2)c(=O)c1-c1ccccc1. The second kappa shape index (κ2) is 6.00. The highest BCUT2D eigenvalue weighted by Crippen LogP contribution is 2.32. The molecule has 3 rings (SSSR count). The molecule has 0 saturated heterocycles. The maximum atomic E-state index is 12.9. The smallest absolute Gasteiger partial charge is 0.364 e. The molecule has 3 aromatic rings. The Balaban J connectivity index is 2.20. The molecule has 0 spiro atoms. The number of hydrogen-bond donors (Lipinski definition) is 1. The number of benzene rings is 2. The zero-order valence-corrected chi connectivity index (χ0v) is 12.8. The number of rotatable bonds is 2. The quantitative estimate of drug-likeness (QED) is 0.702. The molecular formula is C19H14F3NO. The highest BCUT2D eigenvalue weighted by atomic mass is 19.4. The van der Waals surface area contributed by atoms with Gasteiger partial charge >= 0.3 is 6.18 Å². The van der Waals surface area contributed by atoms with Gasteiger partial charge in [0.1, 0.15) is 0 Å². The summed E-state index contributed by atoms with van der Waals surface area (Å²) in [5.74, 6) is 0. The summed E-state index contributed by atoms with van der Waals surface area (Å²) in [5.41, 5.74) is 1.24. The van der Waals surface area contributed by atoms with E-state index < -0.39 is 11.7 Å². The van der Waals surface area contributed by atoms with Crippen LogP contribution in [0.4, 0.5) is 13.2 Å². The lowest BCUT2D eigenvalue weighted by Gasteiger charge is -2.11. The average molecular weight is 329 g/mol. The fourth-order valence-electron chi connectivity index (χ4n) is 2.65. The number of aromatic nitrogens is 1. The van der Waals surface area contributed by atoms with Crippen LogP contribution in [-0.4, -0.2) is 4.98 Å². The molecule has 0 atom stereocenters. The Hall–Kier alpha value is -2.82. The van der Waals surface area contributed by atoms with Crippen LogP contribution >= 0.6 is 0 Å². The van der Waals surface area contributed by atoms with Gasteiger partial charge in [0.25, 0.3) is 0 Å². The molecule has 2 nitrogen and oxygen atoms in total. The molecule has 1 N–H and O–H groups in total. The summed E-state index contributed by atoms with van der Waals surface area (Å²) in [6.45, 7) is 1.76. The van der Waals surface area contributed by atoms with Crippen LogP contribution in [-0.2, 0) is 6.18 Å². The van der Waals surface area contributed by atoms with Crippen LogP contribution in [0.15, 0.2) is 65.6 Å². The highest BCUT2D eigenvalue weighted by molar-refractivity contribution is 5.73. The molecule has 0 radical (unpaired) electrons. The van der Waals surface area contributed by atoms with Crippen molar-refractivity contribution in [2.75, 3.05) is 0 Å².